The molecule has 0 unspecified atom stereocenters. The fourth-order valence-corrected chi connectivity index (χ4v) is 6.48. The molecule has 1 aliphatic rings. The molecular weight excluding hydrogens is 656 g/mol. The van der Waals surface area contributed by atoms with E-state index in [1.807, 2.05) is 48.5 Å². The lowest BCUT2D eigenvalue weighted by Crippen LogP contribution is -2.40. The molecule has 2 heterocycles. The third-order valence-corrected chi connectivity index (χ3v) is 8.75. The molecule has 0 saturated heterocycles. The first kappa shape index (κ1) is 30.6. The van der Waals surface area contributed by atoms with Gasteiger partial charge >= 0.3 is 5.97 Å². The minimum absolute atomic E-state index is 0.173. The lowest BCUT2D eigenvalue weighted by atomic mass is 9.95. The van der Waals surface area contributed by atoms with Gasteiger partial charge in [0.1, 0.15) is 12.4 Å². The number of carbonyl (C=O) groups excluding carboxylic acids is 1. The van der Waals surface area contributed by atoms with Crippen molar-refractivity contribution in [1.82, 2.24) is 4.57 Å². The zero-order chi connectivity index (χ0) is 30.7. The number of rotatable bonds is 9. The summed E-state index contributed by atoms with van der Waals surface area (Å²) < 4.78 is 25.1. The molecule has 1 aliphatic heterocycles. The van der Waals surface area contributed by atoms with Gasteiger partial charge in [0.2, 0.25) is 0 Å². The van der Waals surface area contributed by atoms with Crippen LogP contribution in [0.1, 0.15) is 36.6 Å². The second-order valence-electron chi connectivity index (χ2n) is 9.48. The number of allylic oxidation sites excluding steroid dienone is 1. The number of thiazole rings is 1. The SMILES string of the molecule is CCOC(=O)C1=C(C)N=c2s/c(=C/c3ccccc3OCc3ccc(Cl)cc3)c(=O)n2[C@@H]1c1cc(OC)c(OC)cc1Br. The van der Waals surface area contributed by atoms with Crippen LogP contribution in [0.3, 0.4) is 0 Å². The lowest BCUT2D eigenvalue weighted by molar-refractivity contribution is -0.139. The van der Waals surface area contributed by atoms with Crippen molar-refractivity contribution in [3.63, 3.8) is 0 Å². The van der Waals surface area contributed by atoms with Crippen molar-refractivity contribution in [2.75, 3.05) is 20.8 Å². The van der Waals surface area contributed by atoms with E-state index in [1.54, 1.807) is 32.1 Å². The van der Waals surface area contributed by atoms with Crippen molar-refractivity contribution in [2.45, 2.75) is 26.5 Å². The van der Waals surface area contributed by atoms with Crippen LogP contribution in [0.5, 0.6) is 17.2 Å². The number of benzene rings is 3. The molecule has 0 bridgehead atoms. The van der Waals surface area contributed by atoms with Crippen molar-refractivity contribution < 1.29 is 23.7 Å². The Bertz CT molecular complexity index is 1900. The molecular formula is C32H28BrClN2O6S. The van der Waals surface area contributed by atoms with Crippen LogP contribution >= 0.6 is 38.9 Å². The topological polar surface area (TPSA) is 88.4 Å². The van der Waals surface area contributed by atoms with Crippen LogP contribution in [0.25, 0.3) is 6.08 Å². The average molecular weight is 684 g/mol. The molecule has 0 spiro atoms. The molecule has 0 fully saturated rings. The number of ether oxygens (including phenoxy) is 4. The van der Waals surface area contributed by atoms with Gasteiger partial charge < -0.3 is 18.9 Å². The highest BCUT2D eigenvalue weighted by atomic mass is 79.9. The van der Waals surface area contributed by atoms with E-state index in [0.717, 1.165) is 11.1 Å². The summed E-state index contributed by atoms with van der Waals surface area (Å²) in [5, 5.41) is 0.652. The fourth-order valence-electron chi connectivity index (χ4n) is 4.78. The first-order valence-corrected chi connectivity index (χ1v) is 15.3. The van der Waals surface area contributed by atoms with E-state index < -0.39 is 12.0 Å². The van der Waals surface area contributed by atoms with Gasteiger partial charge in [0.15, 0.2) is 16.3 Å². The standard InChI is InChI=1S/C32H28BrClN2O6S/c1-5-41-31(38)28-18(2)35-32-36(29(28)22-15-25(39-3)26(40-4)16-23(22)33)30(37)27(43-32)14-20-8-6-7-9-24(20)42-17-19-10-12-21(34)13-11-19/h6-16,29H,5,17H2,1-4H3/b27-14+/t29-/m1/s1. The summed E-state index contributed by atoms with van der Waals surface area (Å²) >= 11 is 10.9. The smallest absolute Gasteiger partial charge is 0.338 e. The number of hydrogen-bond donors (Lipinski definition) is 0. The molecule has 222 valence electrons. The highest BCUT2D eigenvalue weighted by molar-refractivity contribution is 9.10. The minimum atomic E-state index is -0.831. The second-order valence-corrected chi connectivity index (χ2v) is 11.8. The van der Waals surface area contributed by atoms with Crippen LogP contribution < -0.4 is 29.1 Å². The van der Waals surface area contributed by atoms with Gasteiger partial charge in [-0.3, -0.25) is 9.36 Å². The third kappa shape index (κ3) is 6.27. The van der Waals surface area contributed by atoms with Crippen molar-refractivity contribution in [3.8, 4) is 17.2 Å². The monoisotopic (exact) mass is 682 g/mol. The molecule has 0 N–H and O–H groups in total. The van der Waals surface area contributed by atoms with Gasteiger partial charge in [-0.25, -0.2) is 9.79 Å². The molecule has 0 aliphatic carbocycles. The molecule has 4 aromatic rings. The fraction of sp³-hybridized carbons (Fsp3) is 0.219. The summed E-state index contributed by atoms with van der Waals surface area (Å²) in [7, 11) is 3.07. The molecule has 0 saturated carbocycles. The highest BCUT2D eigenvalue weighted by Gasteiger charge is 2.35. The maximum atomic E-state index is 14.1. The van der Waals surface area contributed by atoms with E-state index in [0.29, 0.717) is 53.9 Å². The van der Waals surface area contributed by atoms with Gasteiger partial charge in [-0.2, -0.15) is 0 Å². The number of aromatic nitrogens is 1. The Hall–Kier alpha value is -3.86. The average Bonchev–Trinajstić information content (AvgIpc) is 3.30. The number of esters is 1. The van der Waals surface area contributed by atoms with Gasteiger partial charge in [-0.15, -0.1) is 0 Å². The molecule has 1 atom stereocenters. The number of fused-ring (bicyclic) bond motifs is 1. The first-order chi connectivity index (χ1) is 20.7. The van der Waals surface area contributed by atoms with Crippen LogP contribution in [0.4, 0.5) is 0 Å². The summed E-state index contributed by atoms with van der Waals surface area (Å²) in [6.07, 6.45) is 1.78. The summed E-state index contributed by atoms with van der Waals surface area (Å²) in [5.74, 6) is 1.02. The molecule has 3 aromatic carbocycles. The highest BCUT2D eigenvalue weighted by Crippen LogP contribution is 2.40. The Labute approximate surface area is 265 Å². The molecule has 1 aromatic heterocycles. The van der Waals surface area contributed by atoms with Crippen LogP contribution in [-0.4, -0.2) is 31.4 Å². The summed E-state index contributed by atoms with van der Waals surface area (Å²) in [5.41, 5.74) is 2.73. The van der Waals surface area contributed by atoms with Gasteiger partial charge in [-0.1, -0.05) is 69.2 Å². The third-order valence-electron chi connectivity index (χ3n) is 6.83. The molecule has 43 heavy (non-hydrogen) atoms. The Morgan fingerprint density at radius 2 is 1.77 bits per heavy atom. The minimum Gasteiger partial charge on any atom is -0.493 e. The van der Waals surface area contributed by atoms with E-state index in [1.165, 1.54) is 30.1 Å². The lowest BCUT2D eigenvalue weighted by Gasteiger charge is -2.26. The Morgan fingerprint density at radius 3 is 2.47 bits per heavy atom. The number of halogens is 2. The first-order valence-electron chi connectivity index (χ1n) is 13.3. The Kier molecular flexibility index (Phi) is 9.39. The number of methoxy groups -OCH3 is 2. The molecule has 0 amide bonds. The number of nitrogens with zero attached hydrogens (tertiary/aromatic N) is 2. The summed E-state index contributed by atoms with van der Waals surface area (Å²) in [6, 6.07) is 17.6. The summed E-state index contributed by atoms with van der Waals surface area (Å²) in [4.78, 5) is 32.5. The van der Waals surface area contributed by atoms with Gasteiger partial charge in [0.25, 0.3) is 5.56 Å². The zero-order valence-corrected chi connectivity index (χ0v) is 27.0. The number of hydrogen-bond acceptors (Lipinski definition) is 8. The number of carbonyl (C=O) groups is 1. The Balaban J connectivity index is 1.64. The van der Waals surface area contributed by atoms with Gasteiger partial charge in [0, 0.05) is 15.1 Å². The predicted molar refractivity (Wildman–Crippen MR) is 170 cm³/mol. The van der Waals surface area contributed by atoms with Gasteiger partial charge in [-0.05, 0) is 61.4 Å². The Morgan fingerprint density at radius 1 is 1.07 bits per heavy atom. The van der Waals surface area contributed by atoms with Crippen molar-refractivity contribution in [2.24, 2.45) is 4.99 Å². The molecule has 0 radical (unpaired) electrons. The van der Waals surface area contributed by atoms with E-state index in [-0.39, 0.29) is 17.7 Å². The normalized spacial score (nSPS) is 14.7. The molecule has 5 rings (SSSR count). The van der Waals surface area contributed by atoms with E-state index in [2.05, 4.69) is 20.9 Å². The van der Waals surface area contributed by atoms with Gasteiger partial charge in [0.05, 0.1) is 42.7 Å². The van der Waals surface area contributed by atoms with Crippen LogP contribution in [0.2, 0.25) is 5.02 Å². The van der Waals surface area contributed by atoms with Crippen LogP contribution in [0, 0.1) is 0 Å². The van der Waals surface area contributed by atoms with Crippen LogP contribution in [-0.2, 0) is 16.1 Å². The van der Waals surface area contributed by atoms with Crippen LogP contribution in [0.15, 0.2) is 86.2 Å². The maximum absolute atomic E-state index is 14.1. The van der Waals surface area contributed by atoms with Crippen molar-refractivity contribution in [3.05, 3.63) is 118 Å². The quantitative estimate of drug-likeness (QED) is 0.207. The predicted octanol–water partition coefficient (Wildman–Crippen LogP) is 5.81. The number of para-hydroxylation sites is 1. The van der Waals surface area contributed by atoms with E-state index in [9.17, 15) is 9.59 Å². The molecule has 11 heteroatoms. The molecule has 8 nitrogen and oxygen atoms in total. The zero-order valence-electron chi connectivity index (χ0n) is 23.9. The largest absolute Gasteiger partial charge is 0.493 e. The van der Waals surface area contributed by atoms with Crippen molar-refractivity contribution >= 4 is 50.9 Å². The summed E-state index contributed by atoms with van der Waals surface area (Å²) in [6.45, 7) is 3.98. The van der Waals surface area contributed by atoms with E-state index >= 15 is 0 Å². The second kappa shape index (κ2) is 13.2. The van der Waals surface area contributed by atoms with E-state index in [4.69, 9.17) is 30.5 Å². The van der Waals surface area contributed by atoms with Crippen molar-refractivity contribution in [1.29, 1.82) is 0 Å². The maximum Gasteiger partial charge on any atom is 0.338 e.